The molecule has 5 atom stereocenters. The molecule has 1 aliphatic heterocycles. The van der Waals surface area contributed by atoms with Gasteiger partial charge in [0.25, 0.3) is 0 Å². The Labute approximate surface area is 82.6 Å². The normalized spacial score (nSPS) is 49.3. The molecular weight excluding hydrogens is 182 g/mol. The van der Waals surface area contributed by atoms with Crippen molar-refractivity contribution in [3.05, 3.63) is 0 Å². The lowest BCUT2D eigenvalue weighted by Crippen LogP contribution is -2.37. The van der Waals surface area contributed by atoms with Crippen LogP contribution in [0.4, 0.5) is 4.79 Å². The first-order valence-electron chi connectivity index (χ1n) is 5.39. The third-order valence-corrected chi connectivity index (χ3v) is 4.20. The summed E-state index contributed by atoms with van der Waals surface area (Å²) in [6, 6.07) is 0.540. The lowest BCUT2D eigenvalue weighted by atomic mass is 9.85. The maximum absolute atomic E-state index is 10.4. The minimum atomic E-state index is -1.16. The third-order valence-electron chi connectivity index (χ3n) is 4.20. The van der Waals surface area contributed by atoms with Gasteiger partial charge in [0.1, 0.15) is 0 Å². The maximum atomic E-state index is 10.4. The van der Waals surface area contributed by atoms with Crippen molar-refractivity contribution < 1.29 is 14.6 Å². The minimum Gasteiger partial charge on any atom is -0.450 e. The molecule has 4 nitrogen and oxygen atoms in total. The van der Waals surface area contributed by atoms with Crippen LogP contribution in [0, 0.1) is 17.8 Å². The Balaban J connectivity index is 1.68. The van der Waals surface area contributed by atoms with Gasteiger partial charge >= 0.3 is 6.16 Å². The van der Waals surface area contributed by atoms with Gasteiger partial charge < -0.3 is 9.84 Å². The molecule has 0 aromatic heterocycles. The van der Waals surface area contributed by atoms with Gasteiger partial charge in [0.2, 0.25) is 0 Å². The van der Waals surface area contributed by atoms with E-state index in [9.17, 15) is 4.79 Å². The Bertz CT molecular complexity index is 250. The predicted molar refractivity (Wildman–Crippen MR) is 48.8 cm³/mol. The van der Waals surface area contributed by atoms with Crippen LogP contribution in [0.5, 0.6) is 0 Å². The molecule has 0 unspecified atom stereocenters. The summed E-state index contributed by atoms with van der Waals surface area (Å²) in [5.74, 6) is 2.30. The molecule has 0 aromatic rings. The van der Waals surface area contributed by atoms with E-state index in [-0.39, 0.29) is 6.23 Å². The molecule has 78 valence electrons. The van der Waals surface area contributed by atoms with E-state index in [1.54, 1.807) is 0 Å². The first kappa shape index (κ1) is 8.53. The van der Waals surface area contributed by atoms with E-state index in [4.69, 9.17) is 9.84 Å². The van der Waals surface area contributed by atoms with Crippen LogP contribution in [-0.2, 0) is 4.74 Å². The van der Waals surface area contributed by atoms with Crippen LogP contribution in [0.1, 0.15) is 25.7 Å². The second-order valence-electron chi connectivity index (χ2n) is 4.80. The predicted octanol–water partition coefficient (Wildman–Crippen LogP) is 1.42. The van der Waals surface area contributed by atoms with Crippen molar-refractivity contribution in [1.29, 1.82) is 0 Å². The molecule has 0 aromatic carbocycles. The molecule has 0 radical (unpaired) electrons. The summed E-state index contributed by atoms with van der Waals surface area (Å²) in [6.07, 6.45) is 3.49. The summed E-state index contributed by atoms with van der Waals surface area (Å²) in [7, 11) is 0. The molecule has 0 spiro atoms. The van der Waals surface area contributed by atoms with Crippen molar-refractivity contribution in [2.45, 2.75) is 38.0 Å². The molecule has 2 bridgehead atoms. The molecule has 3 fully saturated rings. The third kappa shape index (κ3) is 1.13. The van der Waals surface area contributed by atoms with Gasteiger partial charge in [0.15, 0.2) is 6.23 Å². The Morgan fingerprint density at radius 2 is 2.07 bits per heavy atom. The van der Waals surface area contributed by atoms with Gasteiger partial charge in [-0.1, -0.05) is 0 Å². The van der Waals surface area contributed by atoms with Gasteiger partial charge in [-0.2, -0.15) is 0 Å². The van der Waals surface area contributed by atoms with Crippen molar-refractivity contribution in [3.63, 3.8) is 0 Å². The zero-order valence-corrected chi connectivity index (χ0v) is 7.98. The van der Waals surface area contributed by atoms with Crippen molar-refractivity contribution in [2.75, 3.05) is 0 Å². The van der Waals surface area contributed by atoms with E-state index in [2.05, 4.69) is 5.32 Å². The highest BCUT2D eigenvalue weighted by molar-refractivity contribution is 5.57. The minimum absolute atomic E-state index is 0.245. The second kappa shape index (κ2) is 2.86. The average molecular weight is 197 g/mol. The van der Waals surface area contributed by atoms with Gasteiger partial charge in [0.05, 0.1) is 0 Å². The molecule has 3 aliphatic rings. The number of hydrogen-bond acceptors (Lipinski definition) is 3. The van der Waals surface area contributed by atoms with Gasteiger partial charge in [-0.3, -0.25) is 5.32 Å². The number of hydrogen-bond donors (Lipinski definition) is 2. The highest BCUT2D eigenvalue weighted by Crippen LogP contribution is 2.52. The standard InChI is InChI=1S/C10H15NO3/c12-10(13)14-8-4-7-5-1-2-6(3-5)9(7)11-8/h5-9,11H,1-4H2,(H,12,13)/t5-,6+,7-,8+,9+/m1/s1. The van der Waals surface area contributed by atoms with Crippen molar-refractivity contribution >= 4 is 6.16 Å². The molecule has 4 heteroatoms. The molecular formula is C10H15NO3. The highest BCUT2D eigenvalue weighted by atomic mass is 16.7. The fourth-order valence-corrected chi connectivity index (χ4v) is 3.74. The fourth-order valence-electron chi connectivity index (χ4n) is 3.74. The van der Waals surface area contributed by atoms with Crippen molar-refractivity contribution in [3.8, 4) is 0 Å². The Morgan fingerprint density at radius 3 is 2.79 bits per heavy atom. The summed E-state index contributed by atoms with van der Waals surface area (Å²) >= 11 is 0. The van der Waals surface area contributed by atoms with Gasteiger partial charge in [0, 0.05) is 12.5 Å². The molecule has 1 heterocycles. The Kier molecular flexibility index (Phi) is 1.74. The molecule has 0 amide bonds. The Hall–Kier alpha value is -0.770. The highest BCUT2D eigenvalue weighted by Gasteiger charge is 2.52. The van der Waals surface area contributed by atoms with Crippen LogP contribution in [0.25, 0.3) is 0 Å². The number of rotatable bonds is 1. The van der Waals surface area contributed by atoms with Crippen LogP contribution in [0.15, 0.2) is 0 Å². The van der Waals surface area contributed by atoms with E-state index in [0.717, 1.165) is 18.3 Å². The molecule has 1 saturated heterocycles. The number of ether oxygens (including phenoxy) is 1. The van der Waals surface area contributed by atoms with E-state index < -0.39 is 6.16 Å². The maximum Gasteiger partial charge on any atom is 0.507 e. The summed E-state index contributed by atoms with van der Waals surface area (Å²) in [5.41, 5.74) is 0. The molecule has 2 aliphatic carbocycles. The topological polar surface area (TPSA) is 58.6 Å². The van der Waals surface area contributed by atoms with Crippen molar-refractivity contribution in [2.24, 2.45) is 17.8 Å². The number of fused-ring (bicyclic) bond motifs is 5. The summed E-state index contributed by atoms with van der Waals surface area (Å²) < 4.78 is 4.78. The summed E-state index contributed by atoms with van der Waals surface area (Å²) in [5, 5.41) is 11.8. The van der Waals surface area contributed by atoms with Crippen LogP contribution < -0.4 is 5.32 Å². The SMILES string of the molecule is O=C(O)O[C@H]1C[C@@H]2[C@@H]3CC[C@@H](C3)[C@@H]2N1. The van der Waals surface area contributed by atoms with E-state index in [1.807, 2.05) is 0 Å². The monoisotopic (exact) mass is 197 g/mol. The van der Waals surface area contributed by atoms with Crippen LogP contribution in [-0.4, -0.2) is 23.5 Å². The van der Waals surface area contributed by atoms with Crippen LogP contribution in [0.3, 0.4) is 0 Å². The zero-order chi connectivity index (χ0) is 9.71. The molecule has 3 rings (SSSR count). The van der Waals surface area contributed by atoms with E-state index >= 15 is 0 Å². The average Bonchev–Trinajstić information content (AvgIpc) is 2.69. The Morgan fingerprint density at radius 1 is 1.29 bits per heavy atom. The quantitative estimate of drug-likeness (QED) is 0.624. The summed E-state index contributed by atoms with van der Waals surface area (Å²) in [6.45, 7) is 0. The van der Waals surface area contributed by atoms with Gasteiger partial charge in [-0.05, 0) is 37.0 Å². The van der Waals surface area contributed by atoms with E-state index in [1.165, 1.54) is 19.3 Å². The van der Waals surface area contributed by atoms with Gasteiger partial charge in [-0.25, -0.2) is 4.79 Å². The van der Waals surface area contributed by atoms with Gasteiger partial charge in [-0.15, -0.1) is 0 Å². The molecule has 2 saturated carbocycles. The number of carbonyl (C=O) groups is 1. The lowest BCUT2D eigenvalue weighted by molar-refractivity contribution is 0.0406. The first-order chi connectivity index (χ1) is 6.74. The summed E-state index contributed by atoms with van der Waals surface area (Å²) in [4.78, 5) is 10.4. The van der Waals surface area contributed by atoms with Crippen LogP contribution in [0.2, 0.25) is 0 Å². The molecule has 2 N–H and O–H groups in total. The van der Waals surface area contributed by atoms with Crippen LogP contribution >= 0.6 is 0 Å². The largest absolute Gasteiger partial charge is 0.507 e. The first-order valence-corrected chi connectivity index (χ1v) is 5.39. The van der Waals surface area contributed by atoms with E-state index in [0.29, 0.717) is 12.0 Å². The zero-order valence-electron chi connectivity index (χ0n) is 7.98. The molecule has 14 heavy (non-hydrogen) atoms. The fraction of sp³-hybridized carbons (Fsp3) is 0.900. The smallest absolute Gasteiger partial charge is 0.450 e. The number of nitrogens with one attached hydrogen (secondary N) is 1. The lowest BCUT2D eigenvalue weighted by Gasteiger charge is -2.23. The number of carboxylic acid groups (broad SMARTS) is 1. The van der Waals surface area contributed by atoms with Crippen molar-refractivity contribution in [1.82, 2.24) is 5.32 Å². The second-order valence-corrected chi connectivity index (χ2v) is 4.80.